The van der Waals surface area contributed by atoms with Gasteiger partial charge in [-0.1, -0.05) is 48.2 Å². The molecule has 0 spiro atoms. The van der Waals surface area contributed by atoms with Gasteiger partial charge in [-0.15, -0.1) is 0 Å². The maximum absolute atomic E-state index is 11.1. The molecule has 0 saturated heterocycles. The maximum atomic E-state index is 11.1. The maximum Gasteiger partial charge on any atom is 0.119 e. The molecule has 4 aromatic rings. The lowest BCUT2D eigenvalue weighted by Gasteiger charge is -2.35. The molecule has 37 heavy (non-hydrogen) atoms. The highest BCUT2D eigenvalue weighted by atomic mass is 32.2. The number of benzene rings is 3. The molecule has 8 heteroatoms. The summed E-state index contributed by atoms with van der Waals surface area (Å²) in [5, 5.41) is 25.0. The third-order valence-electron chi connectivity index (χ3n) is 6.29. The number of rotatable bonds is 12. The molecule has 0 saturated carbocycles. The second kappa shape index (κ2) is 12.3. The Morgan fingerprint density at radius 1 is 0.919 bits per heavy atom. The zero-order chi connectivity index (χ0) is 25.5. The Hall–Kier alpha value is -3.30. The lowest BCUT2D eigenvalue weighted by molar-refractivity contribution is 0.100. The van der Waals surface area contributed by atoms with Crippen molar-refractivity contribution in [1.29, 1.82) is 0 Å². The lowest BCUT2D eigenvalue weighted by atomic mass is 10.1. The van der Waals surface area contributed by atoms with Crippen molar-refractivity contribution in [3.05, 3.63) is 96.8 Å². The Kier molecular flexibility index (Phi) is 8.42. The summed E-state index contributed by atoms with van der Waals surface area (Å²) in [6, 6.07) is 26.5. The molecule has 1 aliphatic rings. The van der Waals surface area contributed by atoms with E-state index in [-0.39, 0.29) is 6.61 Å². The topological polar surface area (TPSA) is 74.0 Å². The van der Waals surface area contributed by atoms with Crippen molar-refractivity contribution in [1.82, 2.24) is 14.7 Å². The Balaban J connectivity index is 1.19. The van der Waals surface area contributed by atoms with Crippen LogP contribution >= 0.6 is 11.8 Å². The number of hydrogen-bond acceptors (Lipinski definition) is 7. The van der Waals surface area contributed by atoms with Crippen LogP contribution in [0, 0.1) is 0 Å². The molecule has 2 N–H and O–H groups in total. The highest BCUT2D eigenvalue weighted by molar-refractivity contribution is 7.99. The van der Waals surface area contributed by atoms with Gasteiger partial charge in [0.05, 0.1) is 37.2 Å². The number of aromatic nitrogens is 2. The van der Waals surface area contributed by atoms with Crippen LogP contribution in [0.25, 0.3) is 0 Å². The van der Waals surface area contributed by atoms with E-state index in [0.29, 0.717) is 39.3 Å². The van der Waals surface area contributed by atoms with E-state index in [2.05, 4.69) is 39.2 Å². The summed E-state index contributed by atoms with van der Waals surface area (Å²) in [6.07, 6.45) is 3.08. The minimum atomic E-state index is -0.597. The summed E-state index contributed by atoms with van der Waals surface area (Å²) in [7, 11) is 0. The summed E-state index contributed by atoms with van der Waals surface area (Å²) < 4.78 is 7.67. The SMILES string of the molecule is OCCN(Cc1ccc(OCCn2cccn2)cc1)C[C@@H](O)CN1c2ccccc2Sc2ccccc21. The molecule has 3 aromatic carbocycles. The zero-order valence-corrected chi connectivity index (χ0v) is 21.5. The van der Waals surface area contributed by atoms with E-state index in [1.807, 2.05) is 65.5 Å². The largest absolute Gasteiger partial charge is 0.492 e. The summed E-state index contributed by atoms with van der Waals surface area (Å²) in [4.78, 5) is 6.67. The molecule has 1 aromatic heterocycles. The Morgan fingerprint density at radius 2 is 1.62 bits per heavy atom. The average Bonchev–Trinajstić information content (AvgIpc) is 3.43. The Labute approximate surface area is 221 Å². The molecule has 192 valence electrons. The highest BCUT2D eigenvalue weighted by Crippen LogP contribution is 2.47. The number of β-amino-alcohol motifs (C(OH)–C–C–N with tert-alkyl or cyclic N) is 1. The Bertz CT molecular complexity index is 1220. The first-order valence-electron chi connectivity index (χ1n) is 12.5. The van der Waals surface area contributed by atoms with E-state index in [0.717, 1.165) is 22.7 Å². The predicted molar refractivity (Wildman–Crippen MR) is 147 cm³/mol. The number of fused-ring (bicyclic) bond motifs is 2. The molecule has 0 bridgehead atoms. The fraction of sp³-hybridized carbons (Fsp3) is 0.276. The van der Waals surface area contributed by atoms with Crippen LogP contribution in [0.5, 0.6) is 5.75 Å². The standard InChI is InChI=1S/C29H32N4O3S/c34-18-16-31(20-23-10-12-25(13-11-23)36-19-17-32-15-5-14-30-32)21-24(35)22-33-26-6-1-3-8-28(26)37-29-9-4-2-7-27(29)33/h1-15,24,34-35H,16-22H2/t24-/m1/s1. The molecule has 0 unspecified atom stereocenters. The number of aliphatic hydroxyl groups excluding tert-OH is 2. The van der Waals surface area contributed by atoms with E-state index >= 15 is 0 Å². The Morgan fingerprint density at radius 3 is 2.27 bits per heavy atom. The van der Waals surface area contributed by atoms with Crippen LogP contribution in [0.15, 0.2) is 101 Å². The number of para-hydroxylation sites is 2. The van der Waals surface area contributed by atoms with Crippen molar-refractivity contribution < 1.29 is 14.9 Å². The van der Waals surface area contributed by atoms with Crippen molar-refractivity contribution >= 4 is 23.1 Å². The predicted octanol–water partition coefficient (Wildman–Crippen LogP) is 4.42. The molecule has 0 fully saturated rings. The van der Waals surface area contributed by atoms with E-state index in [1.165, 1.54) is 9.79 Å². The lowest BCUT2D eigenvalue weighted by Crippen LogP contribution is -2.40. The van der Waals surface area contributed by atoms with Crippen LogP contribution < -0.4 is 9.64 Å². The average molecular weight is 517 g/mol. The van der Waals surface area contributed by atoms with Crippen LogP contribution in [0.4, 0.5) is 11.4 Å². The number of ether oxygens (including phenoxy) is 1. The third kappa shape index (κ3) is 6.53. The number of hydrogen-bond donors (Lipinski definition) is 2. The van der Waals surface area contributed by atoms with E-state index in [9.17, 15) is 10.2 Å². The van der Waals surface area contributed by atoms with Crippen molar-refractivity contribution in [2.45, 2.75) is 29.0 Å². The molecule has 1 aliphatic heterocycles. The number of aliphatic hydroxyl groups is 2. The van der Waals surface area contributed by atoms with Crippen LogP contribution in [-0.2, 0) is 13.1 Å². The molecule has 0 radical (unpaired) electrons. The minimum Gasteiger partial charge on any atom is -0.492 e. The van der Waals surface area contributed by atoms with Gasteiger partial charge in [-0.3, -0.25) is 9.58 Å². The van der Waals surface area contributed by atoms with E-state index in [1.54, 1.807) is 18.0 Å². The fourth-order valence-electron chi connectivity index (χ4n) is 4.56. The van der Waals surface area contributed by atoms with Crippen LogP contribution in [-0.4, -0.2) is 63.8 Å². The minimum absolute atomic E-state index is 0.0351. The van der Waals surface area contributed by atoms with Gasteiger partial charge in [0.15, 0.2) is 0 Å². The van der Waals surface area contributed by atoms with Crippen LogP contribution in [0.2, 0.25) is 0 Å². The van der Waals surface area contributed by atoms with Crippen molar-refractivity contribution in [3.63, 3.8) is 0 Å². The van der Waals surface area contributed by atoms with E-state index < -0.39 is 6.10 Å². The van der Waals surface area contributed by atoms with Crippen LogP contribution in [0.3, 0.4) is 0 Å². The highest BCUT2D eigenvalue weighted by Gasteiger charge is 2.25. The zero-order valence-electron chi connectivity index (χ0n) is 20.7. The summed E-state index contributed by atoms with van der Waals surface area (Å²) >= 11 is 1.76. The van der Waals surface area contributed by atoms with Gasteiger partial charge in [-0.25, -0.2) is 0 Å². The molecule has 0 amide bonds. The summed E-state index contributed by atoms with van der Waals surface area (Å²) in [5.74, 6) is 0.810. The van der Waals surface area contributed by atoms with Gasteiger partial charge in [0.2, 0.25) is 0 Å². The third-order valence-corrected chi connectivity index (χ3v) is 7.42. The summed E-state index contributed by atoms with van der Waals surface area (Å²) in [6.45, 7) is 3.33. The first-order chi connectivity index (χ1) is 18.2. The van der Waals surface area contributed by atoms with Gasteiger partial charge in [-0.2, -0.15) is 5.10 Å². The monoisotopic (exact) mass is 516 g/mol. The molecular weight excluding hydrogens is 484 g/mol. The van der Waals surface area contributed by atoms with Gasteiger partial charge in [0.1, 0.15) is 12.4 Å². The quantitative estimate of drug-likeness (QED) is 0.289. The van der Waals surface area contributed by atoms with Crippen LogP contribution in [0.1, 0.15) is 5.56 Å². The smallest absolute Gasteiger partial charge is 0.119 e. The van der Waals surface area contributed by atoms with Crippen molar-refractivity contribution in [2.75, 3.05) is 37.7 Å². The van der Waals surface area contributed by atoms with Gasteiger partial charge in [0.25, 0.3) is 0 Å². The first kappa shape index (κ1) is 25.4. The molecule has 0 aliphatic carbocycles. The number of anilines is 2. The first-order valence-corrected chi connectivity index (χ1v) is 13.3. The van der Waals surface area contributed by atoms with Gasteiger partial charge < -0.3 is 19.8 Å². The fourth-order valence-corrected chi connectivity index (χ4v) is 5.66. The normalized spacial score (nSPS) is 13.3. The molecular formula is C29H32N4O3S. The van der Waals surface area contributed by atoms with Gasteiger partial charge in [-0.05, 0) is 48.0 Å². The molecule has 1 atom stereocenters. The molecule has 5 rings (SSSR count). The molecule has 7 nitrogen and oxygen atoms in total. The van der Waals surface area contributed by atoms with Crippen molar-refractivity contribution in [3.8, 4) is 5.75 Å². The van der Waals surface area contributed by atoms with Gasteiger partial charge in [0, 0.05) is 41.8 Å². The van der Waals surface area contributed by atoms with E-state index in [4.69, 9.17) is 4.74 Å². The second-order valence-corrected chi connectivity index (χ2v) is 10.1. The second-order valence-electron chi connectivity index (χ2n) is 9.02. The van der Waals surface area contributed by atoms with Gasteiger partial charge >= 0.3 is 0 Å². The number of nitrogens with zero attached hydrogens (tertiary/aromatic N) is 4. The summed E-state index contributed by atoms with van der Waals surface area (Å²) in [5.41, 5.74) is 3.33. The molecule has 2 heterocycles. The van der Waals surface area contributed by atoms with Crippen molar-refractivity contribution in [2.24, 2.45) is 0 Å².